The molecule has 12 heavy (non-hydrogen) atoms. The van der Waals surface area contributed by atoms with Gasteiger partial charge >= 0.3 is 0 Å². The fraction of sp³-hybridized carbons (Fsp3) is 0.800. The second-order valence-corrected chi connectivity index (χ2v) is 3.84. The van der Waals surface area contributed by atoms with Crippen LogP contribution in [0.4, 0.5) is 0 Å². The van der Waals surface area contributed by atoms with Crippen molar-refractivity contribution >= 4 is 11.6 Å². The van der Waals surface area contributed by atoms with Crippen molar-refractivity contribution in [2.75, 3.05) is 0 Å². The maximum Gasteiger partial charge on any atom is 0.140 e. The lowest BCUT2D eigenvalue weighted by Gasteiger charge is -2.13. The first-order valence-corrected chi connectivity index (χ1v) is 4.44. The largest absolute Gasteiger partial charge is 0.300 e. The van der Waals surface area contributed by atoms with Crippen LogP contribution >= 0.6 is 0 Å². The molecule has 0 bridgehead atoms. The minimum Gasteiger partial charge on any atom is -0.300 e. The Kier molecular flexibility index (Phi) is 4.79. The second kappa shape index (κ2) is 5.07. The van der Waals surface area contributed by atoms with Gasteiger partial charge in [0.1, 0.15) is 11.6 Å². The minimum absolute atomic E-state index is 0.0315. The van der Waals surface area contributed by atoms with Crippen LogP contribution in [0.25, 0.3) is 0 Å². The number of rotatable bonds is 5. The van der Waals surface area contributed by atoms with Crippen molar-refractivity contribution in [2.24, 2.45) is 11.8 Å². The van der Waals surface area contributed by atoms with Crippen LogP contribution in [0.5, 0.6) is 0 Å². The van der Waals surface area contributed by atoms with Crippen LogP contribution in [-0.4, -0.2) is 11.6 Å². The Morgan fingerprint density at radius 2 is 1.67 bits per heavy atom. The average Bonchev–Trinajstić information content (AvgIpc) is 1.84. The monoisotopic (exact) mass is 170 g/mol. The van der Waals surface area contributed by atoms with E-state index < -0.39 is 0 Å². The second-order valence-electron chi connectivity index (χ2n) is 3.84. The van der Waals surface area contributed by atoms with Crippen molar-refractivity contribution in [1.82, 2.24) is 0 Å². The van der Waals surface area contributed by atoms with E-state index in [1.807, 2.05) is 6.92 Å². The third-order valence-electron chi connectivity index (χ3n) is 2.13. The molecule has 1 atom stereocenters. The van der Waals surface area contributed by atoms with Crippen LogP contribution in [0.15, 0.2) is 0 Å². The quantitative estimate of drug-likeness (QED) is 0.593. The zero-order valence-corrected chi connectivity index (χ0v) is 8.39. The first kappa shape index (κ1) is 11.3. The van der Waals surface area contributed by atoms with E-state index in [4.69, 9.17) is 0 Å². The summed E-state index contributed by atoms with van der Waals surface area (Å²) in [5, 5.41) is 0. The first-order chi connectivity index (χ1) is 5.43. The van der Waals surface area contributed by atoms with E-state index in [0.717, 1.165) is 0 Å². The van der Waals surface area contributed by atoms with Gasteiger partial charge in [0, 0.05) is 6.42 Å². The van der Waals surface area contributed by atoms with Crippen LogP contribution in [0.1, 0.15) is 40.5 Å². The van der Waals surface area contributed by atoms with E-state index in [-0.39, 0.29) is 18.0 Å². The molecular formula is C10H18O2. The zero-order valence-electron chi connectivity index (χ0n) is 8.39. The highest BCUT2D eigenvalue weighted by Crippen LogP contribution is 2.14. The SMILES string of the molecule is CC(=O)CC(=O)CC(C)C(C)C. The standard InChI is InChI=1S/C10H18O2/c1-7(2)8(3)5-10(12)6-9(4)11/h7-8H,5-6H2,1-4H3. The van der Waals surface area contributed by atoms with Crippen LogP contribution in [0.2, 0.25) is 0 Å². The molecule has 0 heterocycles. The lowest BCUT2D eigenvalue weighted by molar-refractivity contribution is -0.126. The van der Waals surface area contributed by atoms with Gasteiger partial charge in [-0.1, -0.05) is 20.8 Å². The third kappa shape index (κ3) is 5.05. The van der Waals surface area contributed by atoms with Crippen molar-refractivity contribution in [3.8, 4) is 0 Å². The minimum atomic E-state index is -0.0315. The van der Waals surface area contributed by atoms with Gasteiger partial charge in [0.05, 0.1) is 6.42 Å². The molecule has 2 heteroatoms. The smallest absolute Gasteiger partial charge is 0.140 e. The fourth-order valence-corrected chi connectivity index (χ4v) is 0.945. The number of hydrogen-bond acceptors (Lipinski definition) is 2. The Balaban J connectivity index is 3.77. The molecule has 0 rings (SSSR count). The van der Waals surface area contributed by atoms with Crippen LogP contribution in [0, 0.1) is 11.8 Å². The number of Topliss-reactive ketones (excluding diaryl/α,β-unsaturated/α-hetero) is 2. The summed E-state index contributed by atoms with van der Waals surface area (Å²) in [6, 6.07) is 0. The van der Waals surface area contributed by atoms with E-state index in [2.05, 4.69) is 13.8 Å². The summed E-state index contributed by atoms with van der Waals surface area (Å²) in [6.07, 6.45) is 0.647. The van der Waals surface area contributed by atoms with Gasteiger partial charge < -0.3 is 0 Å². The molecule has 0 saturated carbocycles. The van der Waals surface area contributed by atoms with Gasteiger partial charge in [-0.2, -0.15) is 0 Å². The summed E-state index contributed by atoms with van der Waals surface area (Å²) in [5.74, 6) is 0.942. The maximum absolute atomic E-state index is 11.1. The van der Waals surface area contributed by atoms with Gasteiger partial charge in [0.15, 0.2) is 0 Å². The average molecular weight is 170 g/mol. The first-order valence-electron chi connectivity index (χ1n) is 4.44. The highest BCUT2D eigenvalue weighted by molar-refractivity contribution is 5.97. The Bertz CT molecular complexity index is 171. The van der Waals surface area contributed by atoms with E-state index in [1.165, 1.54) is 6.92 Å². The molecule has 2 nitrogen and oxygen atoms in total. The van der Waals surface area contributed by atoms with Gasteiger partial charge in [0.25, 0.3) is 0 Å². The highest BCUT2D eigenvalue weighted by Gasteiger charge is 2.13. The van der Waals surface area contributed by atoms with Crippen molar-refractivity contribution < 1.29 is 9.59 Å². The molecule has 1 unspecified atom stereocenters. The Labute approximate surface area is 74.3 Å². The lowest BCUT2D eigenvalue weighted by atomic mass is 9.92. The molecule has 0 aromatic rings. The number of carbonyl (C=O) groups excluding carboxylic acids is 2. The maximum atomic E-state index is 11.1. The summed E-state index contributed by atoms with van der Waals surface area (Å²) in [4.78, 5) is 21.7. The van der Waals surface area contributed by atoms with Crippen LogP contribution in [0.3, 0.4) is 0 Å². The topological polar surface area (TPSA) is 34.1 Å². The van der Waals surface area contributed by atoms with Crippen molar-refractivity contribution in [3.05, 3.63) is 0 Å². The number of hydrogen-bond donors (Lipinski definition) is 0. The zero-order chi connectivity index (χ0) is 9.72. The Hall–Kier alpha value is -0.660. The van der Waals surface area contributed by atoms with Crippen molar-refractivity contribution in [2.45, 2.75) is 40.5 Å². The Morgan fingerprint density at radius 3 is 2.00 bits per heavy atom. The third-order valence-corrected chi connectivity index (χ3v) is 2.13. The van der Waals surface area contributed by atoms with Gasteiger partial charge in [0.2, 0.25) is 0 Å². The molecule has 0 N–H and O–H groups in total. The number of carbonyl (C=O) groups is 2. The molecule has 0 radical (unpaired) electrons. The predicted octanol–water partition coefficient (Wildman–Crippen LogP) is 2.22. The summed E-state index contributed by atoms with van der Waals surface area (Å²) in [6.45, 7) is 7.68. The van der Waals surface area contributed by atoms with E-state index in [9.17, 15) is 9.59 Å². The molecule has 0 aromatic heterocycles. The summed E-state index contributed by atoms with van der Waals surface area (Å²) in [7, 11) is 0. The van der Waals surface area contributed by atoms with E-state index >= 15 is 0 Å². The van der Waals surface area contributed by atoms with Crippen molar-refractivity contribution in [1.29, 1.82) is 0 Å². The van der Waals surface area contributed by atoms with Gasteiger partial charge in [-0.15, -0.1) is 0 Å². The summed E-state index contributed by atoms with van der Waals surface area (Å²) < 4.78 is 0. The predicted molar refractivity (Wildman–Crippen MR) is 48.9 cm³/mol. The molecule has 0 aliphatic heterocycles. The van der Waals surface area contributed by atoms with Crippen LogP contribution < -0.4 is 0 Å². The molecule has 0 aliphatic rings. The molecule has 0 aliphatic carbocycles. The van der Waals surface area contributed by atoms with Gasteiger partial charge in [-0.25, -0.2) is 0 Å². The molecular weight excluding hydrogens is 152 g/mol. The molecule has 0 fully saturated rings. The summed E-state index contributed by atoms with van der Waals surface area (Å²) in [5.41, 5.74) is 0. The highest BCUT2D eigenvalue weighted by atomic mass is 16.1. The number of ketones is 2. The van der Waals surface area contributed by atoms with E-state index in [1.54, 1.807) is 0 Å². The van der Waals surface area contributed by atoms with Gasteiger partial charge in [-0.3, -0.25) is 9.59 Å². The summed E-state index contributed by atoms with van der Waals surface area (Å²) >= 11 is 0. The molecule has 0 aromatic carbocycles. The fourth-order valence-electron chi connectivity index (χ4n) is 0.945. The normalized spacial score (nSPS) is 13.1. The Morgan fingerprint density at radius 1 is 1.17 bits per heavy atom. The van der Waals surface area contributed by atoms with Crippen molar-refractivity contribution in [3.63, 3.8) is 0 Å². The van der Waals surface area contributed by atoms with Gasteiger partial charge in [-0.05, 0) is 18.8 Å². The van der Waals surface area contributed by atoms with Crippen LogP contribution in [-0.2, 0) is 9.59 Å². The van der Waals surface area contributed by atoms with E-state index in [0.29, 0.717) is 18.3 Å². The molecule has 0 saturated heterocycles. The molecule has 70 valence electrons. The molecule has 0 spiro atoms. The lowest BCUT2D eigenvalue weighted by Crippen LogP contribution is -2.12. The molecule has 0 amide bonds.